The zero-order valence-corrected chi connectivity index (χ0v) is 19.0. The molecule has 0 heterocycles. The van der Waals surface area contributed by atoms with Gasteiger partial charge in [0.05, 0.1) is 0 Å². The van der Waals surface area contributed by atoms with Crippen LogP contribution in [0.5, 0.6) is 0 Å². The van der Waals surface area contributed by atoms with Gasteiger partial charge in [-0.25, -0.2) is 0 Å². The number of carbonyl (C=O) groups excluding carboxylic acids is 1. The van der Waals surface area contributed by atoms with Crippen LogP contribution in [0.15, 0.2) is 23.3 Å². The van der Waals surface area contributed by atoms with E-state index >= 15 is 0 Å². The van der Waals surface area contributed by atoms with Gasteiger partial charge in [-0.3, -0.25) is 4.79 Å². The van der Waals surface area contributed by atoms with Gasteiger partial charge in [-0.15, -0.1) is 0 Å². The molecule has 25 heavy (non-hydrogen) atoms. The van der Waals surface area contributed by atoms with Crippen molar-refractivity contribution in [2.24, 2.45) is 22.7 Å². The molecular weight excluding hydrogens is 324 g/mol. The number of carbonyl (C=O) groups is 1. The number of Topliss-reactive ketones (excluding diaryl/α,β-unsaturated/α-hetero) is 1. The van der Waals surface area contributed by atoms with E-state index in [1.165, 1.54) is 5.57 Å². The average molecular weight is 363 g/mol. The standard InChI is InChI=1S/C22H38O2Si/c1-15-11-12-17-19(18(15)16(2)23)22(8,13-21(17,6)7)14-24-25(9,10)20(3,4)5/h11-12,15,17H,13-14H2,1-10H3. The quantitative estimate of drug-likeness (QED) is 0.443. The first-order valence-electron chi connectivity index (χ1n) is 9.70. The van der Waals surface area contributed by atoms with E-state index in [2.05, 4.69) is 73.7 Å². The predicted molar refractivity (Wildman–Crippen MR) is 109 cm³/mol. The van der Waals surface area contributed by atoms with Crippen LogP contribution >= 0.6 is 0 Å². The highest BCUT2D eigenvalue weighted by Crippen LogP contribution is 2.60. The van der Waals surface area contributed by atoms with Crippen molar-refractivity contribution in [3.8, 4) is 0 Å². The Kier molecular flexibility index (Phi) is 5.11. The molecule has 2 nitrogen and oxygen atoms in total. The van der Waals surface area contributed by atoms with Crippen LogP contribution in [-0.2, 0) is 9.22 Å². The molecule has 2 rings (SSSR count). The lowest BCUT2D eigenvalue weighted by molar-refractivity contribution is -0.114. The zero-order chi connectivity index (χ0) is 19.4. The fraction of sp³-hybridized carbons (Fsp3) is 0.773. The maximum Gasteiger partial charge on any atom is 0.192 e. The van der Waals surface area contributed by atoms with E-state index < -0.39 is 8.32 Å². The number of allylic oxidation sites excluding steroid dienone is 3. The Labute approximate surface area is 156 Å². The lowest BCUT2D eigenvalue weighted by Crippen LogP contribution is -2.43. The summed E-state index contributed by atoms with van der Waals surface area (Å²) in [6, 6.07) is 0. The summed E-state index contributed by atoms with van der Waals surface area (Å²) in [5.41, 5.74) is 2.51. The molecule has 1 saturated carbocycles. The molecule has 0 radical (unpaired) electrons. The highest BCUT2D eigenvalue weighted by Gasteiger charge is 2.53. The fourth-order valence-corrected chi connectivity index (χ4v) is 5.75. The van der Waals surface area contributed by atoms with Crippen LogP contribution < -0.4 is 0 Å². The van der Waals surface area contributed by atoms with Crippen LogP contribution in [0.25, 0.3) is 0 Å². The number of rotatable bonds is 4. The first-order chi connectivity index (χ1) is 11.1. The Bertz CT molecular complexity index is 618. The second-order valence-corrected chi connectivity index (χ2v) is 15.6. The third-order valence-electron chi connectivity index (χ3n) is 6.92. The lowest BCUT2D eigenvalue weighted by atomic mass is 9.72. The molecule has 3 atom stereocenters. The summed E-state index contributed by atoms with van der Waals surface area (Å²) in [5.74, 6) is 0.800. The van der Waals surface area contributed by atoms with E-state index in [1.807, 2.05) is 0 Å². The Hall–Kier alpha value is -0.673. The SMILES string of the molecule is CC(=O)C1=C2C(C=CC1C)C(C)(C)CC2(C)CO[Si](C)(C)C(C)(C)C. The van der Waals surface area contributed by atoms with Crippen molar-refractivity contribution in [2.45, 2.75) is 79.9 Å². The zero-order valence-electron chi connectivity index (χ0n) is 18.0. The van der Waals surface area contributed by atoms with Crippen molar-refractivity contribution in [1.29, 1.82) is 0 Å². The summed E-state index contributed by atoms with van der Waals surface area (Å²) >= 11 is 0. The Morgan fingerprint density at radius 2 is 1.80 bits per heavy atom. The summed E-state index contributed by atoms with van der Waals surface area (Å²) in [6.07, 6.45) is 5.65. The molecule has 0 spiro atoms. The van der Waals surface area contributed by atoms with Crippen molar-refractivity contribution in [3.05, 3.63) is 23.3 Å². The Balaban J connectivity index is 2.45. The second kappa shape index (κ2) is 6.19. The van der Waals surface area contributed by atoms with Gasteiger partial charge in [-0.1, -0.05) is 60.6 Å². The van der Waals surface area contributed by atoms with Crippen LogP contribution in [0.2, 0.25) is 18.1 Å². The van der Waals surface area contributed by atoms with Crippen molar-refractivity contribution < 1.29 is 9.22 Å². The molecule has 2 aliphatic rings. The molecule has 1 fully saturated rings. The monoisotopic (exact) mass is 362 g/mol. The summed E-state index contributed by atoms with van der Waals surface area (Å²) < 4.78 is 6.66. The number of hydrogen-bond acceptors (Lipinski definition) is 2. The van der Waals surface area contributed by atoms with Crippen molar-refractivity contribution in [2.75, 3.05) is 6.61 Å². The molecule has 0 bridgehead atoms. The number of ketones is 1. The van der Waals surface area contributed by atoms with Crippen LogP contribution in [0.1, 0.15) is 61.8 Å². The fourth-order valence-electron chi connectivity index (χ4n) is 4.64. The van der Waals surface area contributed by atoms with Gasteiger partial charge in [0.15, 0.2) is 14.1 Å². The van der Waals surface area contributed by atoms with Gasteiger partial charge < -0.3 is 4.43 Å². The van der Waals surface area contributed by atoms with Gasteiger partial charge in [0.1, 0.15) is 0 Å². The van der Waals surface area contributed by atoms with Gasteiger partial charge in [-0.2, -0.15) is 0 Å². The van der Waals surface area contributed by atoms with E-state index in [4.69, 9.17) is 4.43 Å². The minimum atomic E-state index is -1.81. The summed E-state index contributed by atoms with van der Waals surface area (Å²) in [6.45, 7) is 23.1. The van der Waals surface area contributed by atoms with Crippen LogP contribution in [0.4, 0.5) is 0 Å². The van der Waals surface area contributed by atoms with Gasteiger partial charge >= 0.3 is 0 Å². The second-order valence-electron chi connectivity index (χ2n) is 10.8. The molecule has 0 saturated heterocycles. The van der Waals surface area contributed by atoms with Crippen LogP contribution in [0, 0.1) is 22.7 Å². The van der Waals surface area contributed by atoms with Crippen molar-refractivity contribution in [1.82, 2.24) is 0 Å². The van der Waals surface area contributed by atoms with E-state index in [1.54, 1.807) is 6.92 Å². The summed E-state index contributed by atoms with van der Waals surface area (Å²) in [5, 5.41) is 0.203. The Morgan fingerprint density at radius 1 is 1.24 bits per heavy atom. The highest BCUT2D eigenvalue weighted by atomic mass is 28.4. The van der Waals surface area contributed by atoms with Gasteiger partial charge in [0, 0.05) is 29.4 Å². The molecular formula is C22H38O2Si. The molecule has 0 aliphatic heterocycles. The smallest absolute Gasteiger partial charge is 0.192 e. The number of fused-ring (bicyclic) bond motifs is 1. The summed E-state index contributed by atoms with van der Waals surface area (Å²) in [4.78, 5) is 12.5. The largest absolute Gasteiger partial charge is 0.416 e. The maximum atomic E-state index is 12.5. The van der Waals surface area contributed by atoms with E-state index in [0.717, 1.165) is 18.6 Å². The molecule has 2 aliphatic carbocycles. The van der Waals surface area contributed by atoms with E-state index in [0.29, 0.717) is 5.92 Å². The predicted octanol–water partition coefficient (Wildman–Crippen LogP) is 6.15. The van der Waals surface area contributed by atoms with Crippen LogP contribution in [-0.4, -0.2) is 20.7 Å². The number of hydrogen-bond donors (Lipinski definition) is 0. The normalized spacial score (nSPS) is 32.1. The molecule has 3 unspecified atom stereocenters. The minimum Gasteiger partial charge on any atom is -0.416 e. The summed E-state index contributed by atoms with van der Waals surface area (Å²) in [7, 11) is -1.81. The van der Waals surface area contributed by atoms with E-state index in [9.17, 15) is 4.79 Å². The van der Waals surface area contributed by atoms with Crippen molar-refractivity contribution in [3.63, 3.8) is 0 Å². The third-order valence-corrected chi connectivity index (χ3v) is 11.4. The van der Waals surface area contributed by atoms with Gasteiger partial charge in [0.25, 0.3) is 0 Å². The molecule has 0 amide bonds. The molecule has 0 N–H and O–H groups in total. The lowest BCUT2D eigenvalue weighted by Gasteiger charge is -2.40. The van der Waals surface area contributed by atoms with Crippen molar-refractivity contribution >= 4 is 14.1 Å². The molecule has 3 heteroatoms. The minimum absolute atomic E-state index is 0.0519. The maximum absolute atomic E-state index is 12.5. The van der Waals surface area contributed by atoms with Gasteiger partial charge in [-0.05, 0) is 42.5 Å². The highest BCUT2D eigenvalue weighted by molar-refractivity contribution is 6.74. The van der Waals surface area contributed by atoms with Gasteiger partial charge in [0.2, 0.25) is 0 Å². The van der Waals surface area contributed by atoms with E-state index in [-0.39, 0.29) is 27.6 Å². The Morgan fingerprint density at radius 3 is 2.28 bits per heavy atom. The first kappa shape index (κ1) is 20.6. The molecule has 0 aromatic carbocycles. The first-order valence-corrected chi connectivity index (χ1v) is 12.6. The average Bonchev–Trinajstić information content (AvgIpc) is 2.62. The third kappa shape index (κ3) is 3.59. The molecule has 0 aromatic heterocycles. The topological polar surface area (TPSA) is 26.3 Å². The van der Waals surface area contributed by atoms with Crippen LogP contribution in [0.3, 0.4) is 0 Å². The molecule has 0 aromatic rings. The molecule has 142 valence electrons.